The second kappa shape index (κ2) is 9.27. The molecule has 0 spiro atoms. The Morgan fingerprint density at radius 3 is 2.72 bits per heavy atom. The highest BCUT2D eigenvalue weighted by Crippen LogP contribution is 2.27. The van der Waals surface area contributed by atoms with Crippen molar-refractivity contribution >= 4 is 28.4 Å². The fourth-order valence-electron chi connectivity index (χ4n) is 3.21. The summed E-state index contributed by atoms with van der Waals surface area (Å²) in [5.74, 6) is -0.769. The molecule has 0 bridgehead atoms. The van der Waals surface area contributed by atoms with E-state index >= 15 is 0 Å². The SMILES string of the molecule is COCCn1ncc2ccc(NC(=O)c3cccnc3Oc3ccccc3C(N)=O)cc21. The minimum atomic E-state index is -0.638. The summed E-state index contributed by atoms with van der Waals surface area (Å²) in [5, 5.41) is 8.17. The number of nitrogens with one attached hydrogen (secondary N) is 1. The molecule has 9 nitrogen and oxygen atoms in total. The van der Waals surface area contributed by atoms with E-state index in [1.54, 1.807) is 55.8 Å². The number of hydrogen-bond acceptors (Lipinski definition) is 6. The molecular formula is C23H21N5O4. The van der Waals surface area contributed by atoms with Crippen LogP contribution >= 0.6 is 0 Å². The Hall–Kier alpha value is -4.24. The lowest BCUT2D eigenvalue weighted by Gasteiger charge is -2.12. The van der Waals surface area contributed by atoms with Crippen molar-refractivity contribution in [1.29, 1.82) is 0 Å². The van der Waals surface area contributed by atoms with Crippen LogP contribution in [-0.4, -0.2) is 40.3 Å². The van der Waals surface area contributed by atoms with E-state index in [1.165, 1.54) is 6.20 Å². The van der Waals surface area contributed by atoms with Crippen molar-refractivity contribution in [2.24, 2.45) is 5.73 Å². The van der Waals surface area contributed by atoms with Gasteiger partial charge in [0.05, 0.1) is 30.4 Å². The zero-order valence-electron chi connectivity index (χ0n) is 17.3. The number of hydrogen-bond donors (Lipinski definition) is 2. The molecule has 162 valence electrons. The van der Waals surface area contributed by atoms with Crippen molar-refractivity contribution < 1.29 is 19.1 Å². The summed E-state index contributed by atoms with van der Waals surface area (Å²) in [6, 6.07) is 15.2. The predicted molar refractivity (Wildman–Crippen MR) is 119 cm³/mol. The quantitative estimate of drug-likeness (QED) is 0.442. The zero-order valence-corrected chi connectivity index (χ0v) is 17.3. The number of carbonyl (C=O) groups is 2. The number of nitrogens with zero attached hydrogens (tertiary/aromatic N) is 3. The van der Waals surface area contributed by atoms with Gasteiger partial charge in [0.25, 0.3) is 11.8 Å². The fourth-order valence-corrected chi connectivity index (χ4v) is 3.21. The Morgan fingerprint density at radius 2 is 1.91 bits per heavy atom. The highest BCUT2D eigenvalue weighted by atomic mass is 16.5. The molecule has 0 radical (unpaired) electrons. The lowest BCUT2D eigenvalue weighted by Crippen LogP contribution is -2.15. The van der Waals surface area contributed by atoms with E-state index in [4.69, 9.17) is 15.2 Å². The smallest absolute Gasteiger partial charge is 0.261 e. The van der Waals surface area contributed by atoms with Crippen molar-refractivity contribution in [2.75, 3.05) is 19.0 Å². The van der Waals surface area contributed by atoms with Gasteiger partial charge in [-0.3, -0.25) is 14.3 Å². The third kappa shape index (κ3) is 4.42. The third-order valence-electron chi connectivity index (χ3n) is 4.78. The van der Waals surface area contributed by atoms with E-state index in [1.807, 2.05) is 16.8 Å². The van der Waals surface area contributed by atoms with Crippen LogP contribution in [0, 0.1) is 0 Å². The number of anilines is 1. The summed E-state index contributed by atoms with van der Waals surface area (Å²) in [5.41, 5.74) is 7.28. The average Bonchev–Trinajstić information content (AvgIpc) is 3.20. The maximum atomic E-state index is 13.0. The number of primary amides is 1. The van der Waals surface area contributed by atoms with Gasteiger partial charge in [0, 0.05) is 24.4 Å². The molecule has 9 heteroatoms. The van der Waals surface area contributed by atoms with Crippen LogP contribution in [-0.2, 0) is 11.3 Å². The van der Waals surface area contributed by atoms with E-state index in [0.29, 0.717) is 18.8 Å². The van der Waals surface area contributed by atoms with Gasteiger partial charge in [0.1, 0.15) is 11.3 Å². The maximum Gasteiger partial charge on any atom is 0.261 e. The number of para-hydroxylation sites is 1. The lowest BCUT2D eigenvalue weighted by molar-refractivity contribution is 0.0997. The number of pyridine rings is 1. The Balaban J connectivity index is 1.59. The molecule has 3 N–H and O–H groups in total. The van der Waals surface area contributed by atoms with Gasteiger partial charge >= 0.3 is 0 Å². The predicted octanol–water partition coefficient (Wildman–Crippen LogP) is 3.22. The van der Waals surface area contributed by atoms with Crippen molar-refractivity contribution in [3.8, 4) is 11.6 Å². The summed E-state index contributed by atoms with van der Waals surface area (Å²) in [7, 11) is 1.63. The number of rotatable bonds is 8. The van der Waals surface area contributed by atoms with Crippen LogP contribution < -0.4 is 15.8 Å². The van der Waals surface area contributed by atoms with E-state index in [-0.39, 0.29) is 22.8 Å². The van der Waals surface area contributed by atoms with E-state index in [9.17, 15) is 9.59 Å². The molecule has 0 aliphatic rings. The van der Waals surface area contributed by atoms with E-state index in [2.05, 4.69) is 15.4 Å². The highest BCUT2D eigenvalue weighted by Gasteiger charge is 2.17. The van der Waals surface area contributed by atoms with Gasteiger partial charge in [-0.1, -0.05) is 12.1 Å². The molecule has 4 rings (SSSR count). The van der Waals surface area contributed by atoms with Gasteiger partial charge in [-0.15, -0.1) is 0 Å². The van der Waals surface area contributed by atoms with Crippen LogP contribution in [0.25, 0.3) is 10.9 Å². The van der Waals surface area contributed by atoms with Crippen LogP contribution in [0.1, 0.15) is 20.7 Å². The molecule has 2 aromatic heterocycles. The van der Waals surface area contributed by atoms with Gasteiger partial charge in [-0.05, 0) is 42.5 Å². The Labute approximate surface area is 183 Å². The van der Waals surface area contributed by atoms with Gasteiger partial charge in [0.15, 0.2) is 0 Å². The Kier molecular flexibility index (Phi) is 6.09. The number of benzene rings is 2. The first-order chi connectivity index (χ1) is 15.6. The Bertz CT molecular complexity index is 1280. The van der Waals surface area contributed by atoms with E-state index < -0.39 is 11.8 Å². The van der Waals surface area contributed by atoms with Crippen LogP contribution in [0.5, 0.6) is 11.6 Å². The number of aromatic nitrogens is 3. The van der Waals surface area contributed by atoms with Crippen molar-refractivity contribution in [3.05, 3.63) is 78.1 Å². The highest BCUT2D eigenvalue weighted by molar-refractivity contribution is 6.06. The van der Waals surface area contributed by atoms with E-state index in [0.717, 1.165) is 10.9 Å². The van der Waals surface area contributed by atoms with Crippen LogP contribution in [0.4, 0.5) is 5.69 Å². The zero-order chi connectivity index (χ0) is 22.5. The number of methoxy groups -OCH3 is 1. The van der Waals surface area contributed by atoms with Crippen molar-refractivity contribution in [2.45, 2.75) is 6.54 Å². The number of fused-ring (bicyclic) bond motifs is 1. The summed E-state index contributed by atoms with van der Waals surface area (Å²) >= 11 is 0. The minimum absolute atomic E-state index is 0.0601. The molecule has 2 heterocycles. The Morgan fingerprint density at radius 1 is 1.09 bits per heavy atom. The summed E-state index contributed by atoms with van der Waals surface area (Å²) in [6.07, 6.45) is 3.26. The molecule has 2 aromatic carbocycles. The summed E-state index contributed by atoms with van der Waals surface area (Å²) < 4.78 is 12.7. The molecule has 32 heavy (non-hydrogen) atoms. The monoisotopic (exact) mass is 431 g/mol. The first kappa shape index (κ1) is 21.0. The minimum Gasteiger partial charge on any atom is -0.437 e. The van der Waals surface area contributed by atoms with Crippen molar-refractivity contribution in [1.82, 2.24) is 14.8 Å². The third-order valence-corrected chi connectivity index (χ3v) is 4.78. The second-order valence-corrected chi connectivity index (χ2v) is 6.91. The molecule has 0 saturated heterocycles. The molecule has 0 aliphatic carbocycles. The maximum absolute atomic E-state index is 13.0. The first-order valence-electron chi connectivity index (χ1n) is 9.84. The normalized spacial score (nSPS) is 10.8. The fraction of sp³-hybridized carbons (Fsp3) is 0.130. The summed E-state index contributed by atoms with van der Waals surface area (Å²) in [6.45, 7) is 1.12. The molecule has 0 saturated carbocycles. The summed E-state index contributed by atoms with van der Waals surface area (Å²) in [4.78, 5) is 28.9. The lowest BCUT2D eigenvalue weighted by atomic mass is 10.2. The molecule has 0 unspecified atom stereocenters. The van der Waals surface area contributed by atoms with Crippen LogP contribution in [0.3, 0.4) is 0 Å². The molecule has 0 aliphatic heterocycles. The standard InChI is InChI=1S/C23H21N5O4/c1-31-12-11-28-19-13-16(9-8-15(19)14-26-28)27-22(30)18-6-4-10-25-23(18)32-20-7-3-2-5-17(20)21(24)29/h2-10,13-14H,11-12H2,1H3,(H2,24,29)(H,27,30). The van der Waals surface area contributed by atoms with Gasteiger partial charge in [-0.25, -0.2) is 4.98 Å². The van der Waals surface area contributed by atoms with Gasteiger partial charge in [0.2, 0.25) is 5.88 Å². The molecule has 4 aromatic rings. The van der Waals surface area contributed by atoms with Crippen LogP contribution in [0.2, 0.25) is 0 Å². The van der Waals surface area contributed by atoms with Crippen LogP contribution in [0.15, 0.2) is 67.0 Å². The number of ether oxygens (including phenoxy) is 2. The molecule has 0 fully saturated rings. The largest absolute Gasteiger partial charge is 0.437 e. The average molecular weight is 431 g/mol. The van der Waals surface area contributed by atoms with Crippen molar-refractivity contribution in [3.63, 3.8) is 0 Å². The first-order valence-corrected chi connectivity index (χ1v) is 9.84. The molecule has 2 amide bonds. The number of nitrogens with two attached hydrogens (primary N) is 1. The molecular weight excluding hydrogens is 410 g/mol. The van der Waals surface area contributed by atoms with Gasteiger partial charge < -0.3 is 20.5 Å². The number of carbonyl (C=O) groups excluding carboxylic acids is 2. The topological polar surface area (TPSA) is 121 Å². The molecule has 0 atom stereocenters. The van der Waals surface area contributed by atoms with Gasteiger partial charge in [-0.2, -0.15) is 5.10 Å². The number of amides is 2. The second-order valence-electron chi connectivity index (χ2n) is 6.91.